The molecule has 9 nitrogen and oxygen atoms in total. The van der Waals surface area contributed by atoms with Crippen LogP contribution in [-0.2, 0) is 4.79 Å². The number of methoxy groups -OCH3 is 1. The fraction of sp³-hybridized carbons (Fsp3) is 0.214. The third-order valence-electron chi connectivity index (χ3n) is 6.24. The first-order valence-electron chi connectivity index (χ1n) is 12.3. The third-order valence-corrected chi connectivity index (χ3v) is 7.06. The number of carbonyl (C=O) groups excluding carboxylic acids is 2. The summed E-state index contributed by atoms with van der Waals surface area (Å²) in [7, 11) is 1.56. The number of anilines is 2. The van der Waals surface area contributed by atoms with Crippen molar-refractivity contribution >= 4 is 35.0 Å². The summed E-state index contributed by atoms with van der Waals surface area (Å²) >= 11 is 1.12. The maximum atomic E-state index is 13.1. The molecule has 1 aromatic heterocycles. The molecule has 1 fully saturated rings. The average Bonchev–Trinajstić information content (AvgIpc) is 3.46. The van der Waals surface area contributed by atoms with Gasteiger partial charge in [-0.05, 0) is 60.7 Å². The van der Waals surface area contributed by atoms with Crippen molar-refractivity contribution in [1.82, 2.24) is 15.1 Å². The van der Waals surface area contributed by atoms with E-state index >= 15 is 0 Å². The van der Waals surface area contributed by atoms with Crippen LogP contribution in [0.5, 0.6) is 5.75 Å². The van der Waals surface area contributed by atoms with Crippen LogP contribution in [0.1, 0.15) is 10.4 Å². The van der Waals surface area contributed by atoms with Gasteiger partial charge in [-0.15, -0.1) is 10.2 Å². The molecule has 4 aromatic rings. The monoisotopic (exact) mass is 547 g/mol. The van der Waals surface area contributed by atoms with Crippen LogP contribution in [0.2, 0.25) is 0 Å². The molecule has 200 valence electrons. The zero-order valence-electron chi connectivity index (χ0n) is 21.2. The van der Waals surface area contributed by atoms with Crippen molar-refractivity contribution in [3.8, 4) is 17.2 Å². The minimum absolute atomic E-state index is 0.0322. The molecular weight excluding hydrogens is 521 g/mol. The number of halogens is 1. The topological polar surface area (TPSA) is 101 Å². The lowest BCUT2D eigenvalue weighted by atomic mass is 10.1. The number of nitrogens with one attached hydrogen (secondary N) is 1. The van der Waals surface area contributed by atoms with Gasteiger partial charge in [0.25, 0.3) is 11.1 Å². The second-order valence-corrected chi connectivity index (χ2v) is 9.67. The van der Waals surface area contributed by atoms with Gasteiger partial charge in [-0.1, -0.05) is 23.9 Å². The molecule has 39 heavy (non-hydrogen) atoms. The number of nitrogens with zero attached hydrogens (tertiary/aromatic N) is 4. The summed E-state index contributed by atoms with van der Waals surface area (Å²) < 4.78 is 24.0. The van der Waals surface area contributed by atoms with Crippen molar-refractivity contribution in [2.45, 2.75) is 5.22 Å². The number of amides is 2. The third kappa shape index (κ3) is 6.37. The molecule has 0 radical (unpaired) electrons. The molecule has 5 rings (SSSR count). The molecule has 0 unspecified atom stereocenters. The van der Waals surface area contributed by atoms with Crippen LogP contribution in [0, 0.1) is 5.82 Å². The number of aromatic nitrogens is 2. The van der Waals surface area contributed by atoms with E-state index in [2.05, 4.69) is 20.4 Å². The van der Waals surface area contributed by atoms with Crippen molar-refractivity contribution in [2.75, 3.05) is 49.3 Å². The predicted molar refractivity (Wildman–Crippen MR) is 147 cm³/mol. The Bertz CT molecular complexity index is 1440. The maximum Gasteiger partial charge on any atom is 0.277 e. The number of piperazine rings is 1. The van der Waals surface area contributed by atoms with Gasteiger partial charge in [0.1, 0.15) is 11.6 Å². The first-order valence-corrected chi connectivity index (χ1v) is 13.3. The van der Waals surface area contributed by atoms with Crippen LogP contribution >= 0.6 is 11.8 Å². The van der Waals surface area contributed by atoms with Gasteiger partial charge >= 0.3 is 0 Å². The molecule has 1 saturated heterocycles. The molecular formula is C28H26FN5O4S. The number of hydrogen-bond acceptors (Lipinski definition) is 8. The van der Waals surface area contributed by atoms with Crippen LogP contribution < -0.4 is 15.0 Å². The first-order chi connectivity index (χ1) is 19.0. The highest BCUT2D eigenvalue weighted by atomic mass is 32.2. The Labute approximate surface area is 229 Å². The fourth-order valence-corrected chi connectivity index (χ4v) is 4.78. The Balaban J connectivity index is 1.09. The van der Waals surface area contributed by atoms with E-state index in [1.807, 2.05) is 41.3 Å². The van der Waals surface area contributed by atoms with Crippen molar-refractivity contribution in [1.29, 1.82) is 0 Å². The van der Waals surface area contributed by atoms with E-state index in [0.717, 1.165) is 17.4 Å². The molecule has 0 bridgehead atoms. The number of benzene rings is 3. The van der Waals surface area contributed by atoms with Gasteiger partial charge in [0.05, 0.1) is 18.4 Å². The molecule has 0 atom stereocenters. The van der Waals surface area contributed by atoms with Crippen molar-refractivity contribution in [3.05, 3.63) is 84.2 Å². The molecule has 1 N–H and O–H groups in total. The second-order valence-electron chi connectivity index (χ2n) is 8.74. The standard InChI is InChI=1S/C28H26FN5O4S/c1-37-24-5-3-2-4-23(24)27(36)34-16-14-33(15-17-34)22-12-10-21(11-13-22)30-25(35)18-39-28-32-31-26(38-28)19-6-8-20(29)9-7-19/h2-13H,14-18H2,1H3,(H,30,35). The van der Waals surface area contributed by atoms with Crippen molar-refractivity contribution in [3.63, 3.8) is 0 Å². The summed E-state index contributed by atoms with van der Waals surface area (Å²) in [4.78, 5) is 29.4. The molecule has 1 aliphatic rings. The van der Waals surface area contributed by atoms with Gasteiger partial charge in [0.15, 0.2) is 0 Å². The van der Waals surface area contributed by atoms with Crippen LogP contribution in [0.25, 0.3) is 11.5 Å². The molecule has 2 amide bonds. The fourth-order valence-electron chi connectivity index (χ4n) is 4.22. The number of para-hydroxylation sites is 1. The number of carbonyl (C=O) groups is 2. The van der Waals surface area contributed by atoms with E-state index in [1.165, 1.54) is 12.1 Å². The smallest absolute Gasteiger partial charge is 0.277 e. The maximum absolute atomic E-state index is 13.1. The molecule has 0 aliphatic carbocycles. The summed E-state index contributed by atoms with van der Waals surface area (Å²) in [5.41, 5.74) is 2.86. The molecule has 0 spiro atoms. The lowest BCUT2D eigenvalue weighted by Crippen LogP contribution is -2.48. The Morgan fingerprint density at radius 1 is 0.974 bits per heavy atom. The van der Waals surface area contributed by atoms with Gasteiger partial charge in [0.2, 0.25) is 11.8 Å². The molecule has 1 aliphatic heterocycles. The van der Waals surface area contributed by atoms with E-state index in [1.54, 1.807) is 31.4 Å². The first kappa shape index (κ1) is 26.2. The predicted octanol–water partition coefficient (Wildman–Crippen LogP) is 4.58. The highest BCUT2D eigenvalue weighted by Gasteiger charge is 2.24. The van der Waals surface area contributed by atoms with Crippen LogP contribution in [0.15, 0.2) is 82.4 Å². The Hall–Kier alpha value is -4.38. The minimum Gasteiger partial charge on any atom is -0.496 e. The van der Waals surface area contributed by atoms with Gasteiger partial charge in [-0.3, -0.25) is 9.59 Å². The van der Waals surface area contributed by atoms with E-state index in [4.69, 9.17) is 9.15 Å². The van der Waals surface area contributed by atoms with E-state index in [-0.39, 0.29) is 34.5 Å². The molecule has 11 heteroatoms. The normalized spacial score (nSPS) is 13.3. The van der Waals surface area contributed by atoms with Gasteiger partial charge in [-0.25, -0.2) is 4.39 Å². The summed E-state index contributed by atoms with van der Waals surface area (Å²) in [5, 5.41) is 11.0. The molecule has 2 heterocycles. The summed E-state index contributed by atoms with van der Waals surface area (Å²) in [6.07, 6.45) is 0. The second kappa shape index (κ2) is 12.0. The van der Waals surface area contributed by atoms with Gasteiger partial charge < -0.3 is 24.3 Å². The minimum atomic E-state index is -0.350. The Morgan fingerprint density at radius 2 is 1.69 bits per heavy atom. The number of thioether (sulfide) groups is 1. The van der Waals surface area contributed by atoms with E-state index in [9.17, 15) is 14.0 Å². The quantitative estimate of drug-likeness (QED) is 0.320. The Kier molecular flexibility index (Phi) is 8.07. The van der Waals surface area contributed by atoms with Crippen LogP contribution in [0.3, 0.4) is 0 Å². The van der Waals surface area contributed by atoms with Crippen molar-refractivity contribution in [2.24, 2.45) is 0 Å². The molecule has 0 saturated carbocycles. The zero-order valence-corrected chi connectivity index (χ0v) is 22.0. The summed E-state index contributed by atoms with van der Waals surface area (Å²) in [6, 6.07) is 20.6. The SMILES string of the molecule is COc1ccccc1C(=O)N1CCN(c2ccc(NC(=O)CSc3nnc(-c4ccc(F)cc4)o3)cc2)CC1. The van der Waals surface area contributed by atoms with E-state index in [0.29, 0.717) is 48.7 Å². The van der Waals surface area contributed by atoms with Gasteiger partial charge in [-0.2, -0.15) is 0 Å². The largest absolute Gasteiger partial charge is 0.496 e. The number of rotatable bonds is 8. The lowest BCUT2D eigenvalue weighted by molar-refractivity contribution is -0.113. The zero-order chi connectivity index (χ0) is 27.2. The van der Waals surface area contributed by atoms with E-state index < -0.39 is 0 Å². The Morgan fingerprint density at radius 3 is 2.41 bits per heavy atom. The summed E-state index contributed by atoms with van der Waals surface area (Å²) in [5.74, 6) is 0.339. The number of ether oxygens (including phenoxy) is 1. The van der Waals surface area contributed by atoms with Crippen LogP contribution in [-0.4, -0.2) is 66.0 Å². The van der Waals surface area contributed by atoms with Crippen LogP contribution in [0.4, 0.5) is 15.8 Å². The summed E-state index contributed by atoms with van der Waals surface area (Å²) in [6.45, 7) is 2.61. The van der Waals surface area contributed by atoms with Gasteiger partial charge in [0, 0.05) is 43.1 Å². The highest BCUT2D eigenvalue weighted by molar-refractivity contribution is 7.99. The lowest BCUT2D eigenvalue weighted by Gasteiger charge is -2.36. The average molecular weight is 548 g/mol. The molecule has 3 aromatic carbocycles. The number of hydrogen-bond donors (Lipinski definition) is 1. The van der Waals surface area contributed by atoms with Crippen molar-refractivity contribution < 1.29 is 23.1 Å². The highest BCUT2D eigenvalue weighted by Crippen LogP contribution is 2.25.